The fourth-order valence-electron chi connectivity index (χ4n) is 3.27. The highest BCUT2D eigenvalue weighted by molar-refractivity contribution is 5.52. The van der Waals surface area contributed by atoms with Crippen LogP contribution in [0.1, 0.15) is 51.5 Å². The second-order valence-electron chi connectivity index (χ2n) is 5.70. The van der Waals surface area contributed by atoms with Gasteiger partial charge in [0.15, 0.2) is 0 Å². The maximum atomic E-state index is 14.7. The summed E-state index contributed by atoms with van der Waals surface area (Å²) < 4.78 is 14.7. The van der Waals surface area contributed by atoms with Gasteiger partial charge in [-0.2, -0.15) is 0 Å². The summed E-state index contributed by atoms with van der Waals surface area (Å²) in [5.74, 6) is 0. The Morgan fingerprint density at radius 2 is 1.71 bits per heavy atom. The Hall–Kier alpha value is -1.05. The third kappa shape index (κ3) is 2.05. The fraction of sp³-hybridized carbons (Fsp3) is 0.600. The summed E-state index contributed by atoms with van der Waals surface area (Å²) in [7, 11) is 0. The number of nitrogen functional groups attached to an aromatic ring is 1. The molecule has 1 aliphatic rings. The number of anilines is 1. The molecule has 1 aromatic carbocycles. The Labute approximate surface area is 103 Å². The highest BCUT2D eigenvalue weighted by Gasteiger charge is 2.48. The molecule has 0 bridgehead atoms. The van der Waals surface area contributed by atoms with Gasteiger partial charge in [0, 0.05) is 11.1 Å². The number of nitrogens with two attached hydrogens (primary N) is 1. The minimum Gasteiger partial charge on any atom is -0.398 e. The number of rotatable bonds is 2. The molecule has 1 nitrogen and oxygen atoms in total. The summed E-state index contributed by atoms with van der Waals surface area (Å²) in [5, 5.41) is 0. The molecular weight excluding hydrogens is 213 g/mol. The van der Waals surface area contributed by atoms with Gasteiger partial charge in [-0.25, -0.2) is 4.39 Å². The van der Waals surface area contributed by atoms with Gasteiger partial charge in [-0.3, -0.25) is 0 Å². The summed E-state index contributed by atoms with van der Waals surface area (Å²) in [5.41, 5.74) is 6.20. The van der Waals surface area contributed by atoms with Crippen molar-refractivity contribution in [1.82, 2.24) is 0 Å². The molecule has 0 spiro atoms. The first-order valence-corrected chi connectivity index (χ1v) is 6.51. The SMILES string of the molecule is CC(C)(F)C1(c2ccccc2N)CCCCC1. The highest BCUT2D eigenvalue weighted by atomic mass is 19.1. The van der Waals surface area contributed by atoms with E-state index < -0.39 is 11.1 Å². The molecule has 1 aliphatic carbocycles. The van der Waals surface area contributed by atoms with E-state index in [0.29, 0.717) is 0 Å². The van der Waals surface area contributed by atoms with E-state index in [4.69, 9.17) is 5.73 Å². The molecule has 17 heavy (non-hydrogen) atoms. The number of para-hydroxylation sites is 1. The van der Waals surface area contributed by atoms with Crippen molar-refractivity contribution < 1.29 is 4.39 Å². The molecule has 1 fully saturated rings. The van der Waals surface area contributed by atoms with Gasteiger partial charge in [0.25, 0.3) is 0 Å². The van der Waals surface area contributed by atoms with Crippen molar-refractivity contribution in [3.05, 3.63) is 29.8 Å². The average Bonchev–Trinajstić information content (AvgIpc) is 2.29. The van der Waals surface area contributed by atoms with Crippen molar-refractivity contribution in [2.75, 3.05) is 5.73 Å². The topological polar surface area (TPSA) is 26.0 Å². The molecular formula is C15H22FN. The second kappa shape index (κ2) is 4.32. The van der Waals surface area contributed by atoms with Crippen LogP contribution in [0.4, 0.5) is 10.1 Å². The van der Waals surface area contributed by atoms with Crippen molar-refractivity contribution in [2.45, 2.75) is 57.0 Å². The molecule has 0 amide bonds. The first kappa shape index (κ1) is 12.4. The largest absolute Gasteiger partial charge is 0.398 e. The van der Waals surface area contributed by atoms with E-state index in [2.05, 4.69) is 0 Å². The van der Waals surface area contributed by atoms with Crippen LogP contribution in [-0.2, 0) is 5.41 Å². The third-order valence-corrected chi connectivity index (χ3v) is 4.32. The van der Waals surface area contributed by atoms with Crippen LogP contribution in [0.5, 0.6) is 0 Å². The van der Waals surface area contributed by atoms with E-state index in [0.717, 1.165) is 36.9 Å². The molecule has 0 aromatic heterocycles. The highest BCUT2D eigenvalue weighted by Crippen LogP contribution is 2.50. The molecule has 0 atom stereocenters. The van der Waals surface area contributed by atoms with E-state index in [1.165, 1.54) is 6.42 Å². The molecule has 0 aliphatic heterocycles. The molecule has 0 unspecified atom stereocenters. The predicted octanol–water partition coefficient (Wildman–Crippen LogP) is 4.22. The maximum absolute atomic E-state index is 14.7. The molecule has 94 valence electrons. The Morgan fingerprint density at radius 1 is 1.12 bits per heavy atom. The van der Waals surface area contributed by atoms with Crippen molar-refractivity contribution >= 4 is 5.69 Å². The van der Waals surface area contributed by atoms with Crippen molar-refractivity contribution in [1.29, 1.82) is 0 Å². The van der Waals surface area contributed by atoms with Crippen LogP contribution in [0.25, 0.3) is 0 Å². The zero-order valence-electron chi connectivity index (χ0n) is 10.8. The summed E-state index contributed by atoms with van der Waals surface area (Å²) in [6, 6.07) is 7.77. The number of alkyl halides is 1. The zero-order valence-corrected chi connectivity index (χ0v) is 10.8. The number of benzene rings is 1. The number of hydrogen-bond donors (Lipinski definition) is 1. The Morgan fingerprint density at radius 3 is 2.24 bits per heavy atom. The first-order chi connectivity index (χ1) is 7.97. The van der Waals surface area contributed by atoms with Crippen LogP contribution in [0.2, 0.25) is 0 Å². The van der Waals surface area contributed by atoms with Crippen LogP contribution in [0.3, 0.4) is 0 Å². The average molecular weight is 235 g/mol. The van der Waals surface area contributed by atoms with Crippen molar-refractivity contribution in [3.63, 3.8) is 0 Å². The molecule has 2 heteroatoms. The van der Waals surface area contributed by atoms with Crippen molar-refractivity contribution in [2.24, 2.45) is 0 Å². The van der Waals surface area contributed by atoms with E-state index in [1.807, 2.05) is 24.3 Å². The molecule has 0 saturated heterocycles. The number of hydrogen-bond acceptors (Lipinski definition) is 1. The fourth-order valence-corrected chi connectivity index (χ4v) is 3.27. The maximum Gasteiger partial charge on any atom is 0.115 e. The monoisotopic (exact) mass is 235 g/mol. The minimum absolute atomic E-state index is 0.392. The molecule has 1 aromatic rings. The van der Waals surface area contributed by atoms with E-state index >= 15 is 0 Å². The summed E-state index contributed by atoms with van der Waals surface area (Å²) >= 11 is 0. The van der Waals surface area contributed by atoms with Gasteiger partial charge in [-0.05, 0) is 38.3 Å². The minimum atomic E-state index is -1.22. The molecule has 2 rings (SSSR count). The summed E-state index contributed by atoms with van der Waals surface area (Å²) in [6.07, 6.45) is 5.23. The predicted molar refractivity (Wildman–Crippen MR) is 70.8 cm³/mol. The standard InChI is InChI=1S/C15H22FN/c1-14(2,16)15(10-6-3-7-11-15)12-8-4-5-9-13(12)17/h4-5,8-9H,3,6-7,10-11,17H2,1-2H3. The Bertz CT molecular complexity index is 386. The first-order valence-electron chi connectivity index (χ1n) is 6.51. The quantitative estimate of drug-likeness (QED) is 0.763. The molecule has 1 saturated carbocycles. The zero-order chi connectivity index (χ0) is 12.5. The Balaban J connectivity index is 2.51. The lowest BCUT2D eigenvalue weighted by Gasteiger charge is -2.45. The van der Waals surface area contributed by atoms with E-state index in [9.17, 15) is 4.39 Å². The van der Waals surface area contributed by atoms with Crippen LogP contribution < -0.4 is 5.73 Å². The third-order valence-electron chi connectivity index (χ3n) is 4.32. The van der Waals surface area contributed by atoms with Gasteiger partial charge in [-0.15, -0.1) is 0 Å². The van der Waals surface area contributed by atoms with Gasteiger partial charge in [0.1, 0.15) is 5.67 Å². The molecule has 0 heterocycles. The lowest BCUT2D eigenvalue weighted by Crippen LogP contribution is -2.46. The normalized spacial score (nSPS) is 20.2. The van der Waals surface area contributed by atoms with Crippen LogP contribution >= 0.6 is 0 Å². The number of halogens is 1. The molecule has 2 N–H and O–H groups in total. The smallest absolute Gasteiger partial charge is 0.115 e. The van der Waals surface area contributed by atoms with Gasteiger partial charge < -0.3 is 5.73 Å². The van der Waals surface area contributed by atoms with Gasteiger partial charge in [0.2, 0.25) is 0 Å². The van der Waals surface area contributed by atoms with Crippen LogP contribution in [0, 0.1) is 0 Å². The Kier molecular flexibility index (Phi) is 3.15. The summed E-state index contributed by atoms with van der Waals surface area (Å²) in [4.78, 5) is 0. The molecule has 0 radical (unpaired) electrons. The van der Waals surface area contributed by atoms with Crippen LogP contribution in [0.15, 0.2) is 24.3 Å². The lowest BCUT2D eigenvalue weighted by molar-refractivity contribution is 0.0569. The van der Waals surface area contributed by atoms with Gasteiger partial charge >= 0.3 is 0 Å². The van der Waals surface area contributed by atoms with Crippen molar-refractivity contribution in [3.8, 4) is 0 Å². The second-order valence-corrected chi connectivity index (χ2v) is 5.70. The van der Waals surface area contributed by atoms with Gasteiger partial charge in [-0.1, -0.05) is 37.5 Å². The summed E-state index contributed by atoms with van der Waals surface area (Å²) in [6.45, 7) is 3.40. The lowest BCUT2D eigenvalue weighted by atomic mass is 9.61. The van der Waals surface area contributed by atoms with Crippen LogP contribution in [-0.4, -0.2) is 5.67 Å². The van der Waals surface area contributed by atoms with Gasteiger partial charge in [0.05, 0.1) is 0 Å². The van der Waals surface area contributed by atoms with E-state index in [1.54, 1.807) is 13.8 Å². The van der Waals surface area contributed by atoms with E-state index in [-0.39, 0.29) is 0 Å².